The molecule has 172 valence electrons. The minimum absolute atomic E-state index is 0.0517. The molecule has 0 radical (unpaired) electrons. The first-order valence-electron chi connectivity index (χ1n) is 11.0. The average Bonchev–Trinajstić information content (AvgIpc) is 3.63. The largest absolute Gasteiger partial charge is 0.424 e. The van der Waals surface area contributed by atoms with E-state index >= 15 is 0 Å². The topological polar surface area (TPSA) is 110 Å². The molecule has 1 saturated carbocycles. The molecule has 1 aliphatic carbocycles. The van der Waals surface area contributed by atoms with Crippen molar-refractivity contribution in [2.24, 2.45) is 0 Å². The minimum Gasteiger partial charge on any atom is -0.424 e. The molecule has 0 aliphatic heterocycles. The van der Waals surface area contributed by atoms with Crippen LogP contribution in [0.2, 0.25) is 0 Å². The third-order valence-corrected chi connectivity index (χ3v) is 7.61. The van der Waals surface area contributed by atoms with Crippen LogP contribution in [0.1, 0.15) is 38.3 Å². The third-order valence-electron chi connectivity index (χ3n) is 5.74. The van der Waals surface area contributed by atoms with E-state index in [4.69, 9.17) is 4.74 Å². The van der Waals surface area contributed by atoms with E-state index in [0.717, 1.165) is 22.2 Å². The molecule has 0 saturated heterocycles. The molecular weight excluding hydrogens is 450 g/mol. The van der Waals surface area contributed by atoms with E-state index in [1.54, 1.807) is 36.7 Å². The standard InChI is InChI=1S/C25H23N5O3S/c1-16(2)30-23-14-19(33-25-27-12-3-13-28-25)8-11-21(23)22(15-26)24(30)17-4-6-18(7-5-17)29-34(31,32)20-9-10-20/h3-8,11-14,16,20,29H,9-10H2,1-2H3. The Balaban J connectivity index is 1.57. The molecule has 2 aromatic carbocycles. The lowest BCUT2D eigenvalue weighted by Gasteiger charge is -2.16. The Hall–Kier alpha value is -3.90. The van der Waals surface area contributed by atoms with Crippen molar-refractivity contribution in [3.63, 3.8) is 0 Å². The van der Waals surface area contributed by atoms with Crippen LogP contribution in [0, 0.1) is 11.3 Å². The van der Waals surface area contributed by atoms with Gasteiger partial charge in [0.05, 0.1) is 22.0 Å². The summed E-state index contributed by atoms with van der Waals surface area (Å²) in [5.74, 6) is 0.568. The number of anilines is 1. The van der Waals surface area contributed by atoms with Crippen molar-refractivity contribution >= 4 is 26.6 Å². The molecule has 9 heteroatoms. The van der Waals surface area contributed by atoms with Crippen molar-refractivity contribution in [1.29, 1.82) is 5.26 Å². The van der Waals surface area contributed by atoms with Gasteiger partial charge in [0, 0.05) is 35.6 Å². The zero-order valence-corrected chi connectivity index (χ0v) is 19.6. The van der Waals surface area contributed by atoms with E-state index in [0.29, 0.717) is 29.8 Å². The maximum atomic E-state index is 12.3. The van der Waals surface area contributed by atoms with Crippen LogP contribution < -0.4 is 9.46 Å². The van der Waals surface area contributed by atoms with Gasteiger partial charge in [0.25, 0.3) is 0 Å². The van der Waals surface area contributed by atoms with Gasteiger partial charge >= 0.3 is 6.01 Å². The van der Waals surface area contributed by atoms with Crippen molar-refractivity contribution in [2.75, 3.05) is 4.72 Å². The van der Waals surface area contributed by atoms with E-state index in [2.05, 4.69) is 39.2 Å². The lowest BCUT2D eigenvalue weighted by atomic mass is 10.1. The average molecular weight is 474 g/mol. The molecule has 0 atom stereocenters. The number of nitriles is 1. The van der Waals surface area contributed by atoms with Crippen molar-refractivity contribution in [1.82, 2.24) is 14.5 Å². The number of benzene rings is 2. The molecule has 4 aromatic rings. The number of aromatic nitrogens is 3. The maximum Gasteiger partial charge on any atom is 0.321 e. The first kappa shape index (κ1) is 21.9. The Bertz CT molecular complexity index is 1500. The van der Waals surface area contributed by atoms with Gasteiger partial charge in [-0.2, -0.15) is 5.26 Å². The molecule has 0 unspecified atom stereocenters. The van der Waals surface area contributed by atoms with Crippen molar-refractivity contribution in [3.05, 3.63) is 66.5 Å². The van der Waals surface area contributed by atoms with E-state index in [1.807, 2.05) is 24.3 Å². The fourth-order valence-electron chi connectivity index (χ4n) is 4.05. The zero-order chi connectivity index (χ0) is 23.9. The summed E-state index contributed by atoms with van der Waals surface area (Å²) >= 11 is 0. The van der Waals surface area contributed by atoms with Gasteiger partial charge in [-0.15, -0.1) is 0 Å². The number of nitrogens with one attached hydrogen (secondary N) is 1. The Kier molecular flexibility index (Phi) is 5.46. The summed E-state index contributed by atoms with van der Waals surface area (Å²) in [6.45, 7) is 4.10. The smallest absolute Gasteiger partial charge is 0.321 e. The SMILES string of the molecule is CC(C)n1c(-c2ccc(NS(=O)(=O)C3CC3)cc2)c(C#N)c2ccc(Oc3ncccn3)cc21. The van der Waals surface area contributed by atoms with Gasteiger partial charge in [-0.3, -0.25) is 4.72 Å². The predicted octanol–water partition coefficient (Wildman–Crippen LogP) is 5.25. The highest BCUT2D eigenvalue weighted by Gasteiger charge is 2.35. The number of ether oxygens (including phenoxy) is 1. The maximum absolute atomic E-state index is 12.3. The monoisotopic (exact) mass is 473 g/mol. The Morgan fingerprint density at radius 1 is 1.12 bits per heavy atom. The summed E-state index contributed by atoms with van der Waals surface area (Å²) in [7, 11) is -3.33. The molecule has 1 fully saturated rings. The fraction of sp³-hybridized carbons (Fsp3) is 0.240. The van der Waals surface area contributed by atoms with Gasteiger partial charge in [-0.1, -0.05) is 12.1 Å². The van der Waals surface area contributed by atoms with Crippen molar-refractivity contribution < 1.29 is 13.2 Å². The lowest BCUT2D eigenvalue weighted by molar-refractivity contribution is 0.442. The lowest BCUT2D eigenvalue weighted by Crippen LogP contribution is -2.17. The minimum atomic E-state index is -3.33. The van der Waals surface area contributed by atoms with E-state index < -0.39 is 10.0 Å². The fourth-order valence-corrected chi connectivity index (χ4v) is 5.44. The number of hydrogen-bond acceptors (Lipinski definition) is 6. The van der Waals surface area contributed by atoms with Crippen LogP contribution >= 0.6 is 0 Å². The summed E-state index contributed by atoms with van der Waals surface area (Å²) in [6.07, 6.45) is 4.63. The molecule has 0 amide bonds. The third kappa shape index (κ3) is 4.08. The van der Waals surface area contributed by atoms with Gasteiger partial charge in [-0.25, -0.2) is 18.4 Å². The van der Waals surface area contributed by atoms with E-state index in [-0.39, 0.29) is 17.3 Å². The van der Waals surface area contributed by atoms with Gasteiger partial charge < -0.3 is 9.30 Å². The molecule has 34 heavy (non-hydrogen) atoms. The predicted molar refractivity (Wildman–Crippen MR) is 130 cm³/mol. The quantitative estimate of drug-likeness (QED) is 0.393. The van der Waals surface area contributed by atoms with Crippen LogP contribution in [0.3, 0.4) is 0 Å². The number of nitrogens with zero attached hydrogens (tertiary/aromatic N) is 4. The van der Waals surface area contributed by atoms with Crippen molar-refractivity contribution in [2.45, 2.75) is 38.0 Å². The highest BCUT2D eigenvalue weighted by Crippen LogP contribution is 2.38. The summed E-state index contributed by atoms with van der Waals surface area (Å²) in [4.78, 5) is 8.21. The summed E-state index contributed by atoms with van der Waals surface area (Å²) < 4.78 is 35.1. The van der Waals surface area contributed by atoms with Crippen LogP contribution in [0.4, 0.5) is 5.69 Å². The molecule has 2 aromatic heterocycles. The van der Waals surface area contributed by atoms with Gasteiger partial charge in [0.15, 0.2) is 0 Å². The van der Waals surface area contributed by atoms with E-state index in [9.17, 15) is 13.7 Å². The first-order valence-corrected chi connectivity index (χ1v) is 12.6. The second-order valence-electron chi connectivity index (χ2n) is 8.54. The summed E-state index contributed by atoms with van der Waals surface area (Å²) in [6, 6.07) is 17.1. The van der Waals surface area contributed by atoms with Crippen LogP contribution in [-0.2, 0) is 10.0 Å². The number of fused-ring (bicyclic) bond motifs is 1. The van der Waals surface area contributed by atoms with Gasteiger partial charge in [0.2, 0.25) is 10.0 Å². The molecule has 0 bridgehead atoms. The molecule has 8 nitrogen and oxygen atoms in total. The molecule has 5 rings (SSSR count). The van der Waals surface area contributed by atoms with E-state index in [1.165, 1.54) is 0 Å². The van der Waals surface area contributed by atoms with Crippen LogP contribution in [0.15, 0.2) is 60.9 Å². The second-order valence-corrected chi connectivity index (χ2v) is 10.5. The highest BCUT2D eigenvalue weighted by molar-refractivity contribution is 7.93. The number of hydrogen-bond donors (Lipinski definition) is 1. The van der Waals surface area contributed by atoms with Crippen LogP contribution in [-0.4, -0.2) is 28.2 Å². The molecule has 0 spiro atoms. The highest BCUT2D eigenvalue weighted by atomic mass is 32.2. The second kappa shape index (κ2) is 8.47. The number of sulfonamides is 1. The molecule has 1 N–H and O–H groups in total. The summed E-state index contributed by atoms with van der Waals surface area (Å²) in [5.41, 5.74) is 3.52. The summed E-state index contributed by atoms with van der Waals surface area (Å²) in [5, 5.41) is 10.6. The molecular formula is C25H23N5O3S. The van der Waals surface area contributed by atoms with Crippen molar-refractivity contribution in [3.8, 4) is 29.1 Å². The van der Waals surface area contributed by atoms with Gasteiger partial charge in [0.1, 0.15) is 11.8 Å². The van der Waals surface area contributed by atoms with Crippen LogP contribution in [0.25, 0.3) is 22.2 Å². The normalized spacial score (nSPS) is 13.7. The molecule has 1 aliphatic rings. The van der Waals surface area contributed by atoms with Gasteiger partial charge in [-0.05, 0) is 62.6 Å². The zero-order valence-electron chi connectivity index (χ0n) is 18.8. The Morgan fingerprint density at radius 2 is 1.82 bits per heavy atom. The Labute approximate surface area is 197 Å². The Morgan fingerprint density at radius 3 is 2.44 bits per heavy atom. The number of rotatable bonds is 7. The first-order chi connectivity index (χ1) is 16.4. The molecule has 2 heterocycles. The van der Waals surface area contributed by atoms with Crippen LogP contribution in [0.5, 0.6) is 11.8 Å².